The van der Waals surface area contributed by atoms with E-state index >= 15 is 0 Å². The number of carbonyl (C=O) groups excluding carboxylic acids is 1. The first-order valence-electron chi connectivity index (χ1n) is 9.77. The van der Waals surface area contributed by atoms with Crippen molar-refractivity contribution in [3.05, 3.63) is 84.4 Å². The van der Waals surface area contributed by atoms with Gasteiger partial charge in [-0.2, -0.15) is 0 Å². The van der Waals surface area contributed by atoms with Gasteiger partial charge in [0.05, 0.1) is 4.90 Å². The van der Waals surface area contributed by atoms with Gasteiger partial charge in [-0.3, -0.25) is 10.1 Å². The summed E-state index contributed by atoms with van der Waals surface area (Å²) in [6.45, 7) is 0.799. The molecule has 0 heterocycles. The zero-order valence-corrected chi connectivity index (χ0v) is 19.0. The molecule has 0 spiro atoms. The van der Waals surface area contributed by atoms with Gasteiger partial charge in [-0.25, -0.2) is 8.93 Å². The van der Waals surface area contributed by atoms with Crippen molar-refractivity contribution in [3.63, 3.8) is 0 Å². The van der Waals surface area contributed by atoms with E-state index in [2.05, 4.69) is 15.4 Å². The molecule has 3 rings (SSSR count). The molecule has 0 aliphatic rings. The Kier molecular flexibility index (Phi) is 8.73. The lowest BCUT2D eigenvalue weighted by Crippen LogP contribution is -2.34. The summed E-state index contributed by atoms with van der Waals surface area (Å²) < 4.78 is 25.6. The third kappa shape index (κ3) is 7.16. The maximum atomic E-state index is 12.4. The number of amides is 1. The number of benzene rings is 3. The highest BCUT2D eigenvalue weighted by molar-refractivity contribution is 7.83. The second-order valence-electron chi connectivity index (χ2n) is 6.44. The van der Waals surface area contributed by atoms with Crippen molar-refractivity contribution < 1.29 is 18.5 Å². The monoisotopic (exact) mass is 469 g/mol. The highest BCUT2D eigenvalue weighted by Gasteiger charge is 2.09. The number of para-hydroxylation sites is 1. The average Bonchev–Trinajstić information content (AvgIpc) is 2.82. The minimum Gasteiger partial charge on any atom is -0.490 e. The van der Waals surface area contributed by atoms with Crippen molar-refractivity contribution in [1.82, 2.24) is 10.0 Å². The molecule has 1 unspecified atom stereocenters. The molecule has 0 radical (unpaired) electrons. The van der Waals surface area contributed by atoms with Crippen LogP contribution in [-0.4, -0.2) is 35.5 Å². The highest BCUT2D eigenvalue weighted by atomic mass is 32.2. The fourth-order valence-corrected chi connectivity index (χ4v) is 3.49. The van der Waals surface area contributed by atoms with E-state index in [0.29, 0.717) is 35.1 Å². The number of carbonyl (C=O) groups is 1. The SMILES string of the molecule is CNS(=O)c1ccc(NC(=S)NC(=O)c2ccc(OCCOc3ccccc3)cc2)cc1. The summed E-state index contributed by atoms with van der Waals surface area (Å²) >= 11 is 5.20. The normalized spacial score (nSPS) is 11.3. The van der Waals surface area contributed by atoms with Crippen LogP contribution in [0.25, 0.3) is 0 Å². The molecule has 1 amide bonds. The number of rotatable bonds is 9. The Morgan fingerprint density at radius 1 is 0.875 bits per heavy atom. The van der Waals surface area contributed by atoms with Crippen LogP contribution in [-0.2, 0) is 11.0 Å². The number of thiocarbonyl (C=S) groups is 1. The van der Waals surface area contributed by atoms with Gasteiger partial charge in [0.15, 0.2) is 5.11 Å². The second kappa shape index (κ2) is 11.9. The molecular formula is C23H23N3O4S2. The van der Waals surface area contributed by atoms with Crippen molar-refractivity contribution in [1.29, 1.82) is 0 Å². The number of hydrogen-bond acceptors (Lipinski definition) is 5. The predicted octanol–water partition coefficient (Wildman–Crippen LogP) is 3.51. The van der Waals surface area contributed by atoms with Crippen molar-refractivity contribution in [2.75, 3.05) is 25.6 Å². The molecule has 1 atom stereocenters. The van der Waals surface area contributed by atoms with Gasteiger partial charge >= 0.3 is 0 Å². The molecule has 0 aromatic heterocycles. The fourth-order valence-electron chi connectivity index (χ4n) is 2.66. The molecule has 0 aliphatic heterocycles. The Bertz CT molecular complexity index is 1060. The van der Waals surface area contributed by atoms with E-state index in [0.717, 1.165) is 5.75 Å². The van der Waals surface area contributed by atoms with Gasteiger partial charge in [0.25, 0.3) is 5.91 Å². The molecule has 3 aromatic rings. The van der Waals surface area contributed by atoms with E-state index in [4.69, 9.17) is 21.7 Å². The van der Waals surface area contributed by atoms with Crippen molar-refractivity contribution >= 4 is 39.9 Å². The summed E-state index contributed by atoms with van der Waals surface area (Å²) in [5.41, 5.74) is 1.12. The average molecular weight is 470 g/mol. The number of anilines is 1. The van der Waals surface area contributed by atoms with Crippen LogP contribution in [0.15, 0.2) is 83.8 Å². The number of nitrogens with one attached hydrogen (secondary N) is 3. The summed E-state index contributed by atoms with van der Waals surface area (Å²) in [5, 5.41) is 5.72. The lowest BCUT2D eigenvalue weighted by atomic mass is 10.2. The largest absolute Gasteiger partial charge is 0.490 e. The van der Waals surface area contributed by atoms with Gasteiger partial charge in [-0.1, -0.05) is 18.2 Å². The Balaban J connectivity index is 1.43. The quantitative estimate of drug-likeness (QED) is 0.328. The Morgan fingerprint density at radius 3 is 2.06 bits per heavy atom. The minimum absolute atomic E-state index is 0.163. The van der Waals surface area contributed by atoms with E-state index in [1.165, 1.54) is 0 Å². The van der Waals surface area contributed by atoms with Crippen LogP contribution in [0.3, 0.4) is 0 Å². The van der Waals surface area contributed by atoms with Gasteiger partial charge in [-0.15, -0.1) is 0 Å². The first-order chi connectivity index (χ1) is 15.5. The van der Waals surface area contributed by atoms with E-state index in [9.17, 15) is 9.00 Å². The van der Waals surface area contributed by atoms with Crippen LogP contribution in [0, 0.1) is 0 Å². The smallest absolute Gasteiger partial charge is 0.257 e. The van der Waals surface area contributed by atoms with Crippen LogP contribution in [0.5, 0.6) is 11.5 Å². The number of hydrogen-bond donors (Lipinski definition) is 3. The first kappa shape index (κ1) is 23.4. The lowest BCUT2D eigenvalue weighted by Gasteiger charge is -2.11. The van der Waals surface area contributed by atoms with E-state index in [1.807, 2.05) is 30.3 Å². The molecule has 0 fully saturated rings. The van der Waals surface area contributed by atoms with Gasteiger partial charge in [-0.05, 0) is 79.9 Å². The van der Waals surface area contributed by atoms with Crippen LogP contribution in [0.4, 0.5) is 5.69 Å². The lowest BCUT2D eigenvalue weighted by molar-refractivity contribution is 0.0977. The Hall–Kier alpha value is -3.27. The molecule has 9 heteroatoms. The van der Waals surface area contributed by atoms with Crippen LogP contribution in [0.2, 0.25) is 0 Å². The van der Waals surface area contributed by atoms with Crippen molar-refractivity contribution in [2.45, 2.75) is 4.90 Å². The van der Waals surface area contributed by atoms with E-state index < -0.39 is 11.0 Å². The molecule has 0 saturated heterocycles. The van der Waals surface area contributed by atoms with Crippen molar-refractivity contribution in [3.8, 4) is 11.5 Å². The maximum Gasteiger partial charge on any atom is 0.257 e. The zero-order chi connectivity index (χ0) is 22.8. The van der Waals surface area contributed by atoms with E-state index in [-0.39, 0.29) is 11.0 Å². The summed E-state index contributed by atoms with van der Waals surface area (Å²) in [5.74, 6) is 1.09. The molecule has 166 valence electrons. The zero-order valence-electron chi connectivity index (χ0n) is 17.4. The Labute approximate surface area is 194 Å². The summed E-state index contributed by atoms with van der Waals surface area (Å²) in [7, 11) is 0.360. The molecule has 3 aromatic carbocycles. The predicted molar refractivity (Wildman–Crippen MR) is 129 cm³/mol. The molecule has 0 saturated carbocycles. The summed E-state index contributed by atoms with van der Waals surface area (Å²) in [6, 6.07) is 23.2. The maximum absolute atomic E-state index is 12.4. The van der Waals surface area contributed by atoms with Gasteiger partial charge in [0.1, 0.15) is 35.7 Å². The fraction of sp³-hybridized carbons (Fsp3) is 0.130. The minimum atomic E-state index is -1.26. The standard InChI is InChI=1S/C23H23N3O4S2/c1-24-32(28)21-13-9-18(10-14-21)25-23(31)26-22(27)17-7-11-20(12-8-17)30-16-15-29-19-5-3-2-4-6-19/h2-14,24H,15-16H2,1H3,(H2,25,26,27,31). The summed E-state index contributed by atoms with van der Waals surface area (Å²) in [6.07, 6.45) is 0. The molecular weight excluding hydrogens is 446 g/mol. The Morgan fingerprint density at radius 2 is 1.47 bits per heavy atom. The van der Waals surface area contributed by atoms with Crippen molar-refractivity contribution in [2.24, 2.45) is 0 Å². The summed E-state index contributed by atoms with van der Waals surface area (Å²) in [4.78, 5) is 13.0. The molecule has 32 heavy (non-hydrogen) atoms. The number of ether oxygens (including phenoxy) is 2. The molecule has 0 bridgehead atoms. The topological polar surface area (TPSA) is 88.7 Å². The van der Waals surface area contributed by atoms with Gasteiger partial charge in [0, 0.05) is 11.3 Å². The highest BCUT2D eigenvalue weighted by Crippen LogP contribution is 2.14. The third-order valence-corrected chi connectivity index (χ3v) is 5.49. The van der Waals surface area contributed by atoms with E-state index in [1.54, 1.807) is 55.6 Å². The second-order valence-corrected chi connectivity index (χ2v) is 8.27. The molecule has 7 nitrogen and oxygen atoms in total. The molecule has 3 N–H and O–H groups in total. The van der Waals surface area contributed by atoms with Gasteiger partial charge in [0.2, 0.25) is 0 Å². The van der Waals surface area contributed by atoms with Crippen LogP contribution < -0.4 is 24.8 Å². The van der Waals surface area contributed by atoms with Crippen LogP contribution in [0.1, 0.15) is 10.4 Å². The van der Waals surface area contributed by atoms with Gasteiger partial charge < -0.3 is 14.8 Å². The third-order valence-electron chi connectivity index (χ3n) is 4.22. The van der Waals surface area contributed by atoms with Crippen LogP contribution >= 0.6 is 12.2 Å². The molecule has 0 aliphatic carbocycles. The first-order valence-corrected chi connectivity index (χ1v) is 11.3.